The number of nitrogens with one attached hydrogen (secondary N) is 1. The second-order valence-electron chi connectivity index (χ2n) is 4.92. The molecule has 0 atom stereocenters. The molecule has 2 aromatic carbocycles. The summed E-state index contributed by atoms with van der Waals surface area (Å²) in [5.41, 5.74) is 1.51. The Hall–Kier alpha value is -1.90. The number of benzene rings is 2. The van der Waals surface area contributed by atoms with Crippen LogP contribution in [-0.2, 0) is 0 Å². The van der Waals surface area contributed by atoms with Crippen LogP contribution in [0.5, 0.6) is 5.75 Å². The van der Waals surface area contributed by atoms with Crippen molar-refractivity contribution in [1.82, 2.24) is 10.2 Å². The van der Waals surface area contributed by atoms with E-state index in [1.165, 1.54) is 23.1 Å². The van der Waals surface area contributed by atoms with Crippen LogP contribution >= 0.6 is 39.0 Å². The normalized spacial score (nSPS) is 10.5. The molecule has 0 aliphatic carbocycles. The number of Topliss-reactive ketones (excluding diaryl/α,β-unsaturated/α-hetero) is 1. The Kier molecular flexibility index (Phi) is 6.06. The number of hydrogen-bond acceptors (Lipinski definition) is 7. The fourth-order valence-corrected chi connectivity index (χ4v) is 3.95. The van der Waals surface area contributed by atoms with Gasteiger partial charge in [0.15, 0.2) is 10.1 Å². The molecule has 0 amide bonds. The molecule has 0 aliphatic rings. The Bertz CT molecular complexity index is 868. The van der Waals surface area contributed by atoms with E-state index in [1.807, 2.05) is 48.5 Å². The average molecular weight is 436 g/mol. The van der Waals surface area contributed by atoms with E-state index < -0.39 is 0 Å². The van der Waals surface area contributed by atoms with E-state index in [4.69, 9.17) is 4.74 Å². The van der Waals surface area contributed by atoms with Crippen LogP contribution in [0.1, 0.15) is 10.4 Å². The van der Waals surface area contributed by atoms with Crippen molar-refractivity contribution >= 4 is 55.6 Å². The molecule has 3 aromatic rings. The van der Waals surface area contributed by atoms with Crippen LogP contribution < -0.4 is 10.1 Å². The molecule has 1 aromatic heterocycles. The second kappa shape index (κ2) is 8.46. The highest BCUT2D eigenvalue weighted by atomic mass is 79.9. The van der Waals surface area contributed by atoms with Gasteiger partial charge >= 0.3 is 0 Å². The second-order valence-corrected chi connectivity index (χ2v) is 8.03. The van der Waals surface area contributed by atoms with Crippen LogP contribution in [0.15, 0.2) is 57.3 Å². The molecule has 8 heteroatoms. The van der Waals surface area contributed by atoms with Gasteiger partial charge in [-0.15, -0.1) is 10.2 Å². The Morgan fingerprint density at radius 2 is 1.96 bits per heavy atom. The predicted molar refractivity (Wildman–Crippen MR) is 105 cm³/mol. The zero-order chi connectivity index (χ0) is 17.6. The first-order valence-corrected chi connectivity index (χ1v) is 9.90. The molecule has 1 N–H and O–H groups in total. The third-order valence-corrected chi connectivity index (χ3v) is 5.75. The van der Waals surface area contributed by atoms with E-state index >= 15 is 0 Å². The summed E-state index contributed by atoms with van der Waals surface area (Å²) in [5, 5.41) is 12.1. The van der Waals surface area contributed by atoms with Crippen molar-refractivity contribution in [3.05, 3.63) is 58.6 Å². The van der Waals surface area contributed by atoms with Crippen molar-refractivity contribution in [1.29, 1.82) is 0 Å². The van der Waals surface area contributed by atoms with Crippen LogP contribution in [0.3, 0.4) is 0 Å². The van der Waals surface area contributed by atoms with Crippen molar-refractivity contribution in [3.8, 4) is 5.75 Å². The standard InChI is InChI=1S/C17H14BrN3O2S2/c1-23-15-5-3-2-4-13(15)19-16-20-21-17(25-16)24-10-14(22)11-6-8-12(18)9-7-11/h2-9H,10H2,1H3,(H,19,20). The van der Waals surface area contributed by atoms with Crippen molar-refractivity contribution < 1.29 is 9.53 Å². The van der Waals surface area contributed by atoms with Crippen LogP contribution in [0.2, 0.25) is 0 Å². The number of aromatic nitrogens is 2. The smallest absolute Gasteiger partial charge is 0.210 e. The number of ether oxygens (including phenoxy) is 1. The zero-order valence-corrected chi connectivity index (χ0v) is 16.5. The molecule has 0 unspecified atom stereocenters. The minimum atomic E-state index is 0.0620. The van der Waals surface area contributed by atoms with Gasteiger partial charge in [0.05, 0.1) is 18.6 Å². The third kappa shape index (κ3) is 4.81. The number of para-hydroxylation sites is 2. The lowest BCUT2D eigenvalue weighted by Crippen LogP contribution is -2.01. The van der Waals surface area contributed by atoms with Crippen molar-refractivity contribution in [2.24, 2.45) is 0 Å². The molecule has 0 bridgehead atoms. The molecule has 128 valence electrons. The topological polar surface area (TPSA) is 64.1 Å². The highest BCUT2D eigenvalue weighted by Crippen LogP contribution is 2.31. The van der Waals surface area contributed by atoms with Gasteiger partial charge in [0.25, 0.3) is 0 Å². The van der Waals surface area contributed by atoms with E-state index in [2.05, 4.69) is 31.4 Å². The predicted octanol–water partition coefficient (Wildman–Crippen LogP) is 5.03. The minimum Gasteiger partial charge on any atom is -0.495 e. The first-order valence-electron chi connectivity index (χ1n) is 7.31. The van der Waals surface area contributed by atoms with Gasteiger partial charge < -0.3 is 10.1 Å². The number of carbonyl (C=O) groups excluding carboxylic acids is 1. The van der Waals surface area contributed by atoms with Crippen LogP contribution in [0, 0.1) is 0 Å². The maximum atomic E-state index is 12.2. The van der Waals surface area contributed by atoms with E-state index in [0.717, 1.165) is 20.2 Å². The Morgan fingerprint density at radius 1 is 1.20 bits per heavy atom. The summed E-state index contributed by atoms with van der Waals surface area (Å²) in [6, 6.07) is 14.9. The van der Waals surface area contributed by atoms with Gasteiger partial charge in [0.2, 0.25) is 5.13 Å². The Balaban J connectivity index is 1.60. The molecule has 3 rings (SSSR count). The largest absolute Gasteiger partial charge is 0.495 e. The molecule has 0 saturated carbocycles. The van der Waals surface area contributed by atoms with E-state index in [0.29, 0.717) is 16.4 Å². The van der Waals surface area contributed by atoms with Gasteiger partial charge in [-0.1, -0.05) is 63.3 Å². The lowest BCUT2D eigenvalue weighted by molar-refractivity contribution is 0.102. The molecule has 5 nitrogen and oxygen atoms in total. The van der Waals surface area contributed by atoms with Gasteiger partial charge in [-0.2, -0.15) is 0 Å². The molecule has 0 radical (unpaired) electrons. The van der Waals surface area contributed by atoms with Crippen LogP contribution in [0.25, 0.3) is 0 Å². The molecule has 0 saturated heterocycles. The van der Waals surface area contributed by atoms with Crippen LogP contribution in [0.4, 0.5) is 10.8 Å². The maximum Gasteiger partial charge on any atom is 0.210 e. The summed E-state index contributed by atoms with van der Waals surface area (Å²) in [7, 11) is 1.62. The molecule has 0 spiro atoms. The minimum absolute atomic E-state index is 0.0620. The van der Waals surface area contributed by atoms with Gasteiger partial charge in [-0.05, 0) is 24.3 Å². The van der Waals surface area contributed by atoms with E-state index in [1.54, 1.807) is 7.11 Å². The van der Waals surface area contributed by atoms with Crippen molar-refractivity contribution in [2.75, 3.05) is 18.2 Å². The van der Waals surface area contributed by atoms with Crippen molar-refractivity contribution in [2.45, 2.75) is 4.34 Å². The summed E-state index contributed by atoms with van der Waals surface area (Å²) < 4.78 is 6.99. The number of rotatable bonds is 7. The molecular weight excluding hydrogens is 422 g/mol. The average Bonchev–Trinajstić information content (AvgIpc) is 3.08. The highest BCUT2D eigenvalue weighted by Gasteiger charge is 2.11. The molecular formula is C17H14BrN3O2S2. The number of carbonyl (C=O) groups is 1. The first kappa shape index (κ1) is 17.9. The molecule has 1 heterocycles. The molecule has 0 fully saturated rings. The number of hydrogen-bond donors (Lipinski definition) is 1. The fraction of sp³-hybridized carbons (Fsp3) is 0.118. The van der Waals surface area contributed by atoms with Gasteiger partial charge in [0, 0.05) is 10.0 Å². The number of ketones is 1. The van der Waals surface area contributed by atoms with Gasteiger partial charge in [-0.3, -0.25) is 4.79 Å². The fourth-order valence-electron chi connectivity index (χ4n) is 2.03. The van der Waals surface area contributed by atoms with Gasteiger partial charge in [0.1, 0.15) is 5.75 Å². The SMILES string of the molecule is COc1ccccc1Nc1nnc(SCC(=O)c2ccc(Br)cc2)s1. The number of nitrogens with zero attached hydrogens (tertiary/aromatic N) is 2. The highest BCUT2D eigenvalue weighted by molar-refractivity contribution is 9.10. The maximum absolute atomic E-state index is 12.2. The lowest BCUT2D eigenvalue weighted by Gasteiger charge is -2.07. The number of halogens is 1. The quantitative estimate of drug-likeness (QED) is 0.414. The lowest BCUT2D eigenvalue weighted by atomic mass is 10.2. The number of anilines is 2. The monoisotopic (exact) mass is 435 g/mol. The third-order valence-electron chi connectivity index (χ3n) is 3.25. The number of methoxy groups -OCH3 is 1. The summed E-state index contributed by atoms with van der Waals surface area (Å²) in [6.07, 6.45) is 0. The summed E-state index contributed by atoms with van der Waals surface area (Å²) in [4.78, 5) is 12.2. The van der Waals surface area contributed by atoms with E-state index in [-0.39, 0.29) is 5.78 Å². The zero-order valence-electron chi connectivity index (χ0n) is 13.2. The number of thioether (sulfide) groups is 1. The summed E-state index contributed by atoms with van der Waals surface area (Å²) in [6.45, 7) is 0. The molecule has 25 heavy (non-hydrogen) atoms. The first-order chi connectivity index (χ1) is 12.2. The van der Waals surface area contributed by atoms with Crippen LogP contribution in [-0.4, -0.2) is 28.8 Å². The summed E-state index contributed by atoms with van der Waals surface area (Å²) in [5.74, 6) is 1.12. The Morgan fingerprint density at radius 3 is 2.72 bits per heavy atom. The van der Waals surface area contributed by atoms with E-state index in [9.17, 15) is 4.79 Å². The summed E-state index contributed by atoms with van der Waals surface area (Å²) >= 11 is 6.14. The van der Waals surface area contributed by atoms with Crippen molar-refractivity contribution in [3.63, 3.8) is 0 Å². The van der Waals surface area contributed by atoms with Gasteiger partial charge in [-0.25, -0.2) is 0 Å². The Labute approximate surface area is 162 Å². The molecule has 0 aliphatic heterocycles.